The first-order valence-electron chi connectivity index (χ1n) is 8.71. The first-order valence-corrected chi connectivity index (χ1v) is 10.9. The number of halogens is 5. The van der Waals surface area contributed by atoms with E-state index in [-0.39, 0.29) is 21.4 Å². The van der Waals surface area contributed by atoms with Crippen LogP contribution < -0.4 is 10.6 Å². The van der Waals surface area contributed by atoms with E-state index in [2.05, 4.69) is 15.3 Å². The topological polar surface area (TPSA) is 118 Å². The van der Waals surface area contributed by atoms with Gasteiger partial charge in [0, 0.05) is 0 Å². The molecular weight excluding hydrogens is 508 g/mol. The monoisotopic (exact) mass is 518 g/mol. The summed E-state index contributed by atoms with van der Waals surface area (Å²) in [4.78, 5) is 30.5. The first-order chi connectivity index (χ1) is 15.4. The fourth-order valence-electron chi connectivity index (χ4n) is 2.60. The molecule has 0 atom stereocenters. The molecule has 2 aromatic carbocycles. The number of nitrogens with zero attached hydrogens (tertiary/aromatic N) is 2. The Morgan fingerprint density at radius 1 is 0.909 bits per heavy atom. The number of imide groups is 1. The molecule has 0 aliphatic carbocycles. The lowest BCUT2D eigenvalue weighted by Gasteiger charge is -2.12. The molecule has 0 aliphatic rings. The number of alkyl halides is 3. The number of urea groups is 1. The number of hydrogen-bond acceptors (Lipinski definition) is 6. The second kappa shape index (κ2) is 9.33. The number of hydrogen-bond donors (Lipinski definition) is 2. The smallest absolute Gasteiger partial charge is 0.291 e. The number of carbonyl (C=O) groups is 2. The van der Waals surface area contributed by atoms with Crippen LogP contribution in [0.1, 0.15) is 15.9 Å². The summed E-state index contributed by atoms with van der Waals surface area (Å²) in [5, 5.41) is 3.31. The van der Waals surface area contributed by atoms with Gasteiger partial charge in [0.15, 0.2) is 10.8 Å². The van der Waals surface area contributed by atoms with Crippen molar-refractivity contribution >= 4 is 50.8 Å². The molecule has 0 saturated heterocycles. The van der Waals surface area contributed by atoms with E-state index in [4.69, 9.17) is 23.2 Å². The van der Waals surface area contributed by atoms with Crippen LogP contribution in [-0.4, -0.2) is 30.3 Å². The molecule has 2 N–H and O–H groups in total. The predicted molar refractivity (Wildman–Crippen MR) is 112 cm³/mol. The van der Waals surface area contributed by atoms with Crippen molar-refractivity contribution in [3.8, 4) is 0 Å². The maximum absolute atomic E-state index is 13.2. The van der Waals surface area contributed by atoms with E-state index in [1.165, 1.54) is 18.2 Å². The Morgan fingerprint density at radius 2 is 1.55 bits per heavy atom. The first kappa shape index (κ1) is 24.4. The number of rotatable bonds is 4. The van der Waals surface area contributed by atoms with E-state index in [0.29, 0.717) is 12.3 Å². The molecule has 0 spiro atoms. The zero-order chi connectivity index (χ0) is 24.4. The number of amides is 3. The van der Waals surface area contributed by atoms with Crippen LogP contribution in [0.5, 0.6) is 0 Å². The summed E-state index contributed by atoms with van der Waals surface area (Å²) in [5.74, 6) is -1.20. The minimum Gasteiger partial charge on any atom is -0.291 e. The van der Waals surface area contributed by atoms with Gasteiger partial charge in [-0.1, -0.05) is 41.4 Å². The Morgan fingerprint density at radius 3 is 2.12 bits per heavy atom. The van der Waals surface area contributed by atoms with Crippen LogP contribution in [0.2, 0.25) is 10.0 Å². The summed E-state index contributed by atoms with van der Waals surface area (Å²) in [6.45, 7) is 0. The minimum absolute atomic E-state index is 0.00119. The van der Waals surface area contributed by atoms with Crippen LogP contribution in [0.25, 0.3) is 0 Å². The van der Waals surface area contributed by atoms with Crippen molar-refractivity contribution in [2.75, 3.05) is 5.32 Å². The highest BCUT2D eigenvalue weighted by atomic mass is 35.5. The molecule has 0 bridgehead atoms. The van der Waals surface area contributed by atoms with Gasteiger partial charge >= 0.3 is 12.2 Å². The van der Waals surface area contributed by atoms with Gasteiger partial charge in [0.1, 0.15) is 0 Å². The Hall–Kier alpha value is -3.22. The molecular formula is C19H11Cl2F3N4O4S. The zero-order valence-electron chi connectivity index (χ0n) is 16.0. The van der Waals surface area contributed by atoms with Crippen LogP contribution in [0.4, 0.5) is 23.8 Å². The third-order valence-corrected chi connectivity index (χ3v) is 6.37. The fourth-order valence-corrected chi connectivity index (χ4v) is 4.50. The van der Waals surface area contributed by atoms with Crippen molar-refractivity contribution in [3.63, 3.8) is 0 Å². The summed E-state index contributed by atoms with van der Waals surface area (Å²) in [7, 11) is -4.67. The van der Waals surface area contributed by atoms with E-state index in [1.807, 2.05) is 5.32 Å². The molecule has 1 heterocycles. The van der Waals surface area contributed by atoms with Gasteiger partial charge < -0.3 is 0 Å². The SMILES string of the molecule is O=C(NC(=O)c1c(Cl)cccc1Cl)Nc1cnc(S(=O)(=O)c2ccccc2C(F)(F)F)cn1. The zero-order valence-corrected chi connectivity index (χ0v) is 18.3. The van der Waals surface area contributed by atoms with E-state index < -0.39 is 43.4 Å². The molecule has 8 nitrogen and oxygen atoms in total. The highest BCUT2D eigenvalue weighted by Gasteiger charge is 2.37. The van der Waals surface area contributed by atoms with Crippen molar-refractivity contribution in [2.45, 2.75) is 16.1 Å². The van der Waals surface area contributed by atoms with E-state index in [1.54, 1.807) is 0 Å². The average Bonchev–Trinajstić information content (AvgIpc) is 2.73. The van der Waals surface area contributed by atoms with Crippen molar-refractivity contribution in [3.05, 3.63) is 76.0 Å². The van der Waals surface area contributed by atoms with E-state index in [9.17, 15) is 31.2 Å². The average molecular weight is 519 g/mol. The molecule has 172 valence electrons. The van der Waals surface area contributed by atoms with E-state index in [0.717, 1.165) is 24.4 Å². The van der Waals surface area contributed by atoms with Crippen molar-refractivity contribution < 1.29 is 31.2 Å². The molecule has 0 radical (unpaired) electrons. The third-order valence-electron chi connectivity index (χ3n) is 4.04. The third kappa shape index (κ3) is 5.41. The van der Waals surface area contributed by atoms with Gasteiger partial charge in [-0.2, -0.15) is 13.2 Å². The molecule has 33 heavy (non-hydrogen) atoms. The number of anilines is 1. The van der Waals surface area contributed by atoms with Gasteiger partial charge in [0.2, 0.25) is 9.84 Å². The quantitative estimate of drug-likeness (QED) is 0.521. The second-order valence-electron chi connectivity index (χ2n) is 6.24. The lowest BCUT2D eigenvalue weighted by Crippen LogP contribution is -2.35. The molecule has 0 fully saturated rings. The second-order valence-corrected chi connectivity index (χ2v) is 8.92. The normalized spacial score (nSPS) is 11.7. The van der Waals surface area contributed by atoms with Crippen molar-refractivity contribution in [2.24, 2.45) is 0 Å². The largest absolute Gasteiger partial charge is 0.417 e. The molecule has 3 rings (SSSR count). The number of nitrogens with one attached hydrogen (secondary N) is 2. The van der Waals surface area contributed by atoms with E-state index >= 15 is 0 Å². The standard InChI is InChI=1S/C19H11Cl2F3N4O4S/c20-11-5-3-6-12(21)16(11)17(29)28-18(30)27-14-8-26-15(9-25-14)33(31,32)13-7-2-1-4-10(13)19(22,23)24/h1-9H,(H2,25,27,28,29,30). The lowest BCUT2D eigenvalue weighted by molar-refractivity contribution is -0.139. The van der Waals surface area contributed by atoms with Gasteiger partial charge in [-0.05, 0) is 24.3 Å². The molecule has 0 unspecified atom stereocenters. The summed E-state index contributed by atoms with van der Waals surface area (Å²) in [6.07, 6.45) is -3.44. The predicted octanol–water partition coefficient (Wildman–Crippen LogP) is 4.60. The molecule has 14 heteroatoms. The number of aromatic nitrogens is 2. The molecule has 3 amide bonds. The maximum Gasteiger partial charge on any atom is 0.417 e. The Kier molecular flexibility index (Phi) is 6.91. The minimum atomic E-state index is -4.91. The van der Waals surface area contributed by atoms with Crippen LogP contribution in [-0.2, 0) is 16.0 Å². The molecule has 0 saturated carbocycles. The van der Waals surface area contributed by atoms with Gasteiger partial charge in [-0.15, -0.1) is 0 Å². The Balaban J connectivity index is 1.77. The summed E-state index contributed by atoms with van der Waals surface area (Å²) >= 11 is 11.8. The lowest BCUT2D eigenvalue weighted by atomic mass is 10.2. The van der Waals surface area contributed by atoms with Gasteiger partial charge in [0.25, 0.3) is 5.91 Å². The fraction of sp³-hybridized carbons (Fsp3) is 0.0526. The van der Waals surface area contributed by atoms with Crippen LogP contribution in [0, 0.1) is 0 Å². The van der Waals surface area contributed by atoms with Crippen LogP contribution in [0.15, 0.2) is 64.8 Å². The van der Waals surface area contributed by atoms with Gasteiger partial charge in [-0.25, -0.2) is 23.2 Å². The van der Waals surface area contributed by atoms with Gasteiger partial charge in [-0.3, -0.25) is 15.4 Å². The summed E-state index contributed by atoms with van der Waals surface area (Å²) < 4.78 is 64.8. The summed E-state index contributed by atoms with van der Waals surface area (Å²) in [5.41, 5.74) is -1.50. The number of carbonyl (C=O) groups excluding carboxylic acids is 2. The van der Waals surface area contributed by atoms with Crippen LogP contribution >= 0.6 is 23.2 Å². The van der Waals surface area contributed by atoms with Crippen molar-refractivity contribution in [1.82, 2.24) is 15.3 Å². The highest BCUT2D eigenvalue weighted by Crippen LogP contribution is 2.35. The maximum atomic E-state index is 13.2. The number of benzene rings is 2. The van der Waals surface area contributed by atoms with Crippen LogP contribution in [0.3, 0.4) is 0 Å². The van der Waals surface area contributed by atoms with Gasteiger partial charge in [0.05, 0.1) is 38.5 Å². The molecule has 0 aliphatic heterocycles. The molecule has 1 aromatic heterocycles. The summed E-state index contributed by atoms with van der Waals surface area (Å²) in [6, 6.07) is 6.83. The molecule has 3 aromatic rings. The number of sulfone groups is 1. The Bertz CT molecular complexity index is 1310. The Labute approximate surface area is 194 Å². The van der Waals surface area contributed by atoms with Crippen molar-refractivity contribution in [1.29, 1.82) is 0 Å². The highest BCUT2D eigenvalue weighted by molar-refractivity contribution is 7.91.